The van der Waals surface area contributed by atoms with Crippen LogP contribution in [0.15, 0.2) is 79.7 Å². The van der Waals surface area contributed by atoms with Crippen LogP contribution in [0.5, 0.6) is 23.3 Å². The van der Waals surface area contributed by atoms with Gasteiger partial charge in [-0.2, -0.15) is 9.97 Å². The Bertz CT molecular complexity index is 2040. The first-order valence-corrected chi connectivity index (χ1v) is 22.8. The summed E-state index contributed by atoms with van der Waals surface area (Å²) in [7, 11) is 0. The molecule has 23 heteroatoms. The first kappa shape index (κ1) is 50.8. The minimum absolute atomic E-state index is 0.0242. The van der Waals surface area contributed by atoms with Gasteiger partial charge in [-0.25, -0.2) is 0 Å². The van der Waals surface area contributed by atoms with Crippen LogP contribution in [0.2, 0.25) is 20.1 Å². The number of benzene rings is 2. The molecule has 2 unspecified atom stereocenters. The van der Waals surface area contributed by atoms with Gasteiger partial charge in [-0.15, -0.1) is 0 Å². The number of halogens is 8. The summed E-state index contributed by atoms with van der Waals surface area (Å²) in [5, 5.41) is 24.5. The molecule has 0 aliphatic rings. The molecule has 0 fully saturated rings. The fourth-order valence-electron chi connectivity index (χ4n) is 5.33. The molecular formula is C38H34Cl8N4O9S2. The van der Waals surface area contributed by atoms with Crippen molar-refractivity contribution in [3.05, 3.63) is 121 Å². The van der Waals surface area contributed by atoms with Crippen LogP contribution in [0.25, 0.3) is 0 Å². The first-order valence-electron chi connectivity index (χ1n) is 17.8. The molecule has 0 saturated carbocycles. The van der Waals surface area contributed by atoms with Gasteiger partial charge in [0.1, 0.15) is 45.9 Å². The van der Waals surface area contributed by atoms with Gasteiger partial charge in [-0.05, 0) is 47.9 Å². The van der Waals surface area contributed by atoms with Crippen molar-refractivity contribution in [2.45, 2.75) is 48.9 Å². The fourth-order valence-corrected chi connectivity index (χ4v) is 8.44. The third-order valence-corrected chi connectivity index (χ3v) is 11.5. The molecule has 61 heavy (non-hydrogen) atoms. The van der Waals surface area contributed by atoms with Crippen LogP contribution in [0.4, 0.5) is 11.4 Å². The highest BCUT2D eigenvalue weighted by molar-refractivity contribution is 7.99. The van der Waals surface area contributed by atoms with E-state index in [-0.39, 0.29) is 102 Å². The van der Waals surface area contributed by atoms with Gasteiger partial charge in [0.15, 0.2) is 10.1 Å². The van der Waals surface area contributed by atoms with E-state index in [1.54, 1.807) is 24.3 Å². The van der Waals surface area contributed by atoms with Crippen molar-refractivity contribution in [3.8, 4) is 23.3 Å². The van der Waals surface area contributed by atoms with Crippen LogP contribution < -0.4 is 18.9 Å². The Morgan fingerprint density at radius 2 is 1.02 bits per heavy atom. The van der Waals surface area contributed by atoms with Gasteiger partial charge in [0.25, 0.3) is 0 Å². The second kappa shape index (κ2) is 25.5. The number of pyridine rings is 2. The summed E-state index contributed by atoms with van der Waals surface area (Å²) in [6.07, 6.45) is 1.48. The predicted octanol–water partition coefficient (Wildman–Crippen LogP) is 14.3. The van der Waals surface area contributed by atoms with Crippen LogP contribution in [-0.2, 0) is 4.74 Å². The van der Waals surface area contributed by atoms with Crippen LogP contribution in [0, 0.1) is 20.2 Å². The minimum Gasteiger partial charge on any atom is -0.489 e. The van der Waals surface area contributed by atoms with Gasteiger partial charge >= 0.3 is 11.4 Å². The third-order valence-electron chi connectivity index (χ3n) is 7.88. The Hall–Kier alpha value is -2.80. The van der Waals surface area contributed by atoms with Gasteiger partial charge in [-0.3, -0.25) is 20.2 Å². The van der Waals surface area contributed by atoms with Crippen molar-refractivity contribution >= 4 is 128 Å². The quantitative estimate of drug-likeness (QED) is 0.0283. The Morgan fingerprint density at radius 1 is 0.656 bits per heavy atom. The Labute approximate surface area is 399 Å². The number of rotatable bonds is 24. The summed E-state index contributed by atoms with van der Waals surface area (Å²) in [5.74, 6) is 1.89. The summed E-state index contributed by atoms with van der Waals surface area (Å²) < 4.78 is 30.2. The summed E-state index contributed by atoms with van der Waals surface area (Å²) in [6.45, 7) is 3.93. The van der Waals surface area contributed by atoms with E-state index in [0.29, 0.717) is 34.1 Å². The molecule has 0 bridgehead atoms. The Morgan fingerprint density at radius 3 is 1.33 bits per heavy atom. The maximum absolute atomic E-state index is 11.7. The number of hydrogen-bond acceptors (Lipinski definition) is 13. The molecule has 2 aromatic carbocycles. The molecule has 0 N–H and O–H groups in total. The number of aromatic nitrogens is 2. The molecule has 2 aromatic heterocycles. The topological polar surface area (TPSA) is 158 Å². The lowest BCUT2D eigenvalue weighted by Gasteiger charge is -2.23. The molecule has 2 heterocycles. The van der Waals surface area contributed by atoms with Crippen LogP contribution >= 0.6 is 116 Å². The molecule has 0 saturated heterocycles. The summed E-state index contributed by atoms with van der Waals surface area (Å²) >= 11 is 52.3. The molecule has 0 aliphatic heterocycles. The highest BCUT2D eigenvalue weighted by Crippen LogP contribution is 2.41. The second-order valence-corrected chi connectivity index (χ2v) is 18.1. The first-order chi connectivity index (χ1) is 29.1. The predicted molar refractivity (Wildman–Crippen MR) is 245 cm³/mol. The van der Waals surface area contributed by atoms with E-state index in [2.05, 4.69) is 9.97 Å². The van der Waals surface area contributed by atoms with Gasteiger partial charge in [0.05, 0.1) is 43.2 Å². The standard InChI is InChI=1S/C38H34Cl8N4O9S2/c1-3-60-37-27(49(51)52)5-7-33(47-37)58-29(35-23(39)17-21(18-24(35)40)56-15-11-31(43)44)9-13-55-14-10-30(59-34-8-6-28(50(53)54)38(48-34)61-4-2)36-25(41)19-22(20-26(36)42)57-16-12-32(45)46/h5-8,11-12,17-20,29-30H,3-4,9-10,13-16H2,1-2H3. The SMILES string of the molecule is CCSc1nc(OC(CCOCCC(Oc2ccc([N+](=O)[O-])c(SCC)n2)c2c(Cl)cc(OCC=C(Cl)Cl)cc2Cl)c2c(Cl)cc(OCC=C(Cl)Cl)cc2Cl)ccc1[N+](=O)[O-]. The molecule has 4 aromatic rings. The van der Waals surface area contributed by atoms with Crippen molar-refractivity contribution in [2.24, 2.45) is 0 Å². The number of ether oxygens (including phenoxy) is 5. The fraction of sp³-hybridized carbons (Fsp3) is 0.316. The smallest absolute Gasteiger partial charge is 0.301 e. The maximum atomic E-state index is 11.7. The highest BCUT2D eigenvalue weighted by Gasteiger charge is 2.27. The molecule has 328 valence electrons. The second-order valence-electron chi connectivity index (χ2n) is 11.9. The van der Waals surface area contributed by atoms with E-state index in [1.165, 1.54) is 59.9 Å². The third kappa shape index (κ3) is 15.7. The van der Waals surface area contributed by atoms with Gasteiger partial charge in [0, 0.05) is 48.2 Å². The molecule has 0 radical (unpaired) electrons. The lowest BCUT2D eigenvalue weighted by atomic mass is 10.1. The molecular weight excluding hydrogens is 1000 g/mol. The van der Waals surface area contributed by atoms with Gasteiger partial charge in [-0.1, -0.05) is 130 Å². The van der Waals surface area contributed by atoms with Crippen LogP contribution in [-0.4, -0.2) is 57.7 Å². The molecule has 4 rings (SSSR count). The van der Waals surface area contributed by atoms with E-state index < -0.39 is 22.1 Å². The van der Waals surface area contributed by atoms with Crippen molar-refractivity contribution in [3.63, 3.8) is 0 Å². The lowest BCUT2D eigenvalue weighted by Crippen LogP contribution is -2.16. The number of nitro groups is 2. The van der Waals surface area contributed by atoms with Crippen molar-refractivity contribution in [2.75, 3.05) is 37.9 Å². The average molecular weight is 1040 g/mol. The monoisotopic (exact) mass is 1030 g/mol. The number of nitrogens with zero attached hydrogens (tertiary/aromatic N) is 4. The zero-order valence-corrected chi connectivity index (χ0v) is 39.6. The summed E-state index contributed by atoms with van der Waals surface area (Å²) in [5.41, 5.74) is 0.427. The number of thioether (sulfide) groups is 2. The minimum atomic E-state index is -0.870. The zero-order valence-electron chi connectivity index (χ0n) is 31.9. The van der Waals surface area contributed by atoms with Gasteiger partial charge < -0.3 is 23.7 Å². The molecule has 0 amide bonds. The summed E-state index contributed by atoms with van der Waals surface area (Å²) in [6, 6.07) is 11.6. The average Bonchev–Trinajstić information content (AvgIpc) is 3.17. The van der Waals surface area contributed by atoms with Crippen LogP contribution in [0.1, 0.15) is 50.0 Å². The van der Waals surface area contributed by atoms with Crippen molar-refractivity contribution in [1.82, 2.24) is 9.97 Å². The normalized spacial score (nSPS) is 12.0. The highest BCUT2D eigenvalue weighted by atomic mass is 35.5. The van der Waals surface area contributed by atoms with Crippen LogP contribution in [0.3, 0.4) is 0 Å². The zero-order chi connectivity index (χ0) is 44.6. The van der Waals surface area contributed by atoms with E-state index in [9.17, 15) is 20.2 Å². The Kier molecular flexibility index (Phi) is 21.2. The lowest BCUT2D eigenvalue weighted by molar-refractivity contribution is -0.388. The maximum Gasteiger partial charge on any atom is 0.301 e. The van der Waals surface area contributed by atoms with Crippen molar-refractivity contribution < 1.29 is 33.5 Å². The molecule has 0 aliphatic carbocycles. The molecule has 0 spiro atoms. The largest absolute Gasteiger partial charge is 0.489 e. The van der Waals surface area contributed by atoms with E-state index >= 15 is 0 Å². The van der Waals surface area contributed by atoms with Gasteiger partial charge in [0.2, 0.25) is 11.8 Å². The summed E-state index contributed by atoms with van der Waals surface area (Å²) in [4.78, 5) is 31.1. The molecule has 13 nitrogen and oxygen atoms in total. The van der Waals surface area contributed by atoms with E-state index in [0.717, 1.165) is 0 Å². The molecule has 2 atom stereocenters. The van der Waals surface area contributed by atoms with Crippen molar-refractivity contribution in [1.29, 1.82) is 0 Å². The number of hydrogen-bond donors (Lipinski definition) is 0. The Balaban J connectivity index is 1.61. The van der Waals surface area contributed by atoms with E-state index in [4.69, 9.17) is 116 Å². The van der Waals surface area contributed by atoms with E-state index in [1.807, 2.05) is 13.8 Å².